The van der Waals surface area contributed by atoms with Crippen LogP contribution in [0.1, 0.15) is 39.6 Å². The highest BCUT2D eigenvalue weighted by molar-refractivity contribution is 6.20. The Hall–Kier alpha value is -3.03. The van der Waals surface area contributed by atoms with Gasteiger partial charge in [0.2, 0.25) is 0 Å². The van der Waals surface area contributed by atoms with Crippen LogP contribution in [0.25, 0.3) is 0 Å². The third-order valence-electron chi connectivity index (χ3n) is 4.20. The predicted octanol–water partition coefficient (Wildman–Crippen LogP) is 0.984. The van der Waals surface area contributed by atoms with Gasteiger partial charge in [-0.3, -0.25) is 9.59 Å². The minimum atomic E-state index is -0.605. The summed E-state index contributed by atoms with van der Waals surface area (Å²) >= 11 is 0. The van der Waals surface area contributed by atoms with Crippen molar-refractivity contribution in [1.29, 1.82) is 0 Å². The lowest BCUT2D eigenvalue weighted by Gasteiger charge is -2.33. The van der Waals surface area contributed by atoms with E-state index in [-0.39, 0.29) is 23.1 Å². The number of hydroxylamine groups is 2. The molecule has 0 bridgehead atoms. The molecule has 0 radical (unpaired) electrons. The van der Waals surface area contributed by atoms with Crippen LogP contribution in [-0.2, 0) is 9.63 Å². The zero-order chi connectivity index (χ0) is 16.0. The highest BCUT2D eigenvalue weighted by atomic mass is 16.7. The minimum Gasteiger partial charge on any atom is -0.329 e. The molecule has 1 fully saturated rings. The Morgan fingerprint density at radius 2 is 1.78 bits per heavy atom. The Balaban J connectivity index is 1.41. The van der Waals surface area contributed by atoms with E-state index < -0.39 is 17.8 Å². The van der Waals surface area contributed by atoms with Gasteiger partial charge in [0.1, 0.15) is 0 Å². The molecule has 2 heterocycles. The van der Waals surface area contributed by atoms with Crippen molar-refractivity contribution >= 4 is 17.8 Å². The highest BCUT2D eigenvalue weighted by Gasteiger charge is 2.43. The van der Waals surface area contributed by atoms with Crippen molar-refractivity contribution in [3.8, 4) is 0 Å². The second-order valence-corrected chi connectivity index (χ2v) is 5.57. The number of carbonyl (C=O) groups excluding carboxylic acids is 3. The summed E-state index contributed by atoms with van der Waals surface area (Å²) in [6.45, 7) is 0. The number of imide groups is 1. The van der Waals surface area contributed by atoms with E-state index in [0.29, 0.717) is 17.9 Å². The van der Waals surface area contributed by atoms with Gasteiger partial charge >= 0.3 is 5.97 Å². The molecule has 1 aliphatic heterocycles. The molecule has 0 unspecified atom stereocenters. The van der Waals surface area contributed by atoms with Gasteiger partial charge < -0.3 is 4.84 Å². The minimum absolute atomic E-state index is 0.0947. The summed E-state index contributed by atoms with van der Waals surface area (Å²) in [4.78, 5) is 41.4. The van der Waals surface area contributed by atoms with Crippen LogP contribution in [0.15, 0.2) is 36.7 Å². The Morgan fingerprint density at radius 1 is 1.13 bits per heavy atom. The third-order valence-corrected chi connectivity index (χ3v) is 4.20. The smallest absolute Gasteiger partial charge is 0.329 e. The lowest BCUT2D eigenvalue weighted by molar-refractivity contribution is -0.178. The van der Waals surface area contributed by atoms with Crippen LogP contribution in [0.2, 0.25) is 0 Å². The number of rotatable bonds is 3. The zero-order valence-corrected chi connectivity index (χ0v) is 12.0. The number of hydrogen-bond donors (Lipinski definition) is 0. The van der Waals surface area contributed by atoms with Gasteiger partial charge in [0, 0.05) is 6.20 Å². The molecule has 0 N–H and O–H groups in total. The molecule has 1 aromatic carbocycles. The van der Waals surface area contributed by atoms with Gasteiger partial charge in [0.05, 0.1) is 29.3 Å². The van der Waals surface area contributed by atoms with E-state index in [9.17, 15) is 14.4 Å². The molecule has 1 aliphatic carbocycles. The molecule has 0 saturated heterocycles. The molecule has 116 valence electrons. The number of nitrogens with zero attached hydrogens (tertiary/aromatic N) is 4. The first kappa shape index (κ1) is 13.6. The average Bonchev–Trinajstić information content (AvgIpc) is 3.10. The monoisotopic (exact) mass is 312 g/mol. The Labute approximate surface area is 130 Å². The number of hydrogen-bond acceptors (Lipinski definition) is 6. The topological polar surface area (TPSA) is 94.4 Å². The van der Waals surface area contributed by atoms with Gasteiger partial charge in [0.25, 0.3) is 11.8 Å². The Morgan fingerprint density at radius 3 is 2.35 bits per heavy atom. The molecule has 2 amide bonds. The van der Waals surface area contributed by atoms with Crippen molar-refractivity contribution in [2.24, 2.45) is 5.92 Å². The normalized spacial score (nSPS) is 22.7. The van der Waals surface area contributed by atoms with Crippen LogP contribution in [0.3, 0.4) is 0 Å². The van der Waals surface area contributed by atoms with Crippen molar-refractivity contribution in [3.63, 3.8) is 0 Å². The zero-order valence-electron chi connectivity index (χ0n) is 12.0. The molecule has 2 aliphatic rings. The average molecular weight is 312 g/mol. The van der Waals surface area contributed by atoms with Crippen molar-refractivity contribution in [2.45, 2.75) is 18.9 Å². The quantitative estimate of drug-likeness (QED) is 0.784. The number of benzene rings is 1. The fraction of sp³-hybridized carbons (Fsp3) is 0.267. The van der Waals surface area contributed by atoms with Gasteiger partial charge in [-0.05, 0) is 25.0 Å². The van der Waals surface area contributed by atoms with Crippen LogP contribution in [0, 0.1) is 5.92 Å². The second-order valence-electron chi connectivity index (χ2n) is 5.57. The number of aromatic nitrogens is 3. The summed E-state index contributed by atoms with van der Waals surface area (Å²) in [5, 5.41) is 8.15. The summed E-state index contributed by atoms with van der Waals surface area (Å²) in [7, 11) is 0. The molecule has 1 aromatic heterocycles. The number of carbonyl (C=O) groups is 3. The predicted molar refractivity (Wildman–Crippen MR) is 74.8 cm³/mol. The largest absolute Gasteiger partial charge is 0.336 e. The molecule has 23 heavy (non-hydrogen) atoms. The molecular weight excluding hydrogens is 300 g/mol. The van der Waals surface area contributed by atoms with Crippen LogP contribution in [0.4, 0.5) is 0 Å². The van der Waals surface area contributed by atoms with Crippen molar-refractivity contribution in [1.82, 2.24) is 20.1 Å². The lowest BCUT2D eigenvalue weighted by atomic mass is 9.80. The van der Waals surface area contributed by atoms with Crippen LogP contribution in [-0.4, -0.2) is 37.8 Å². The summed E-state index contributed by atoms with van der Waals surface area (Å²) < 4.78 is 1.69. The van der Waals surface area contributed by atoms with Gasteiger partial charge in [-0.1, -0.05) is 22.4 Å². The van der Waals surface area contributed by atoms with E-state index in [1.165, 1.54) is 12.1 Å². The van der Waals surface area contributed by atoms with Gasteiger partial charge in [-0.15, -0.1) is 5.10 Å². The summed E-state index contributed by atoms with van der Waals surface area (Å²) in [5.74, 6) is -2.14. The van der Waals surface area contributed by atoms with Crippen molar-refractivity contribution < 1.29 is 19.2 Å². The number of fused-ring (bicyclic) bond motifs is 1. The third kappa shape index (κ3) is 2.10. The summed E-state index contributed by atoms with van der Waals surface area (Å²) in [6, 6.07) is 6.48. The van der Waals surface area contributed by atoms with Gasteiger partial charge in [-0.2, -0.15) is 0 Å². The molecule has 0 spiro atoms. The first-order valence-corrected chi connectivity index (χ1v) is 7.20. The first-order chi connectivity index (χ1) is 11.1. The molecule has 8 nitrogen and oxygen atoms in total. The lowest BCUT2D eigenvalue weighted by Crippen LogP contribution is -2.39. The van der Waals surface area contributed by atoms with E-state index >= 15 is 0 Å². The molecule has 1 saturated carbocycles. The van der Waals surface area contributed by atoms with Crippen molar-refractivity contribution in [2.75, 3.05) is 0 Å². The molecular formula is C15H12N4O4. The molecule has 8 heteroatoms. The Bertz CT molecular complexity index is 761. The maximum absolute atomic E-state index is 12.1. The number of amides is 2. The van der Waals surface area contributed by atoms with E-state index in [4.69, 9.17) is 4.84 Å². The van der Waals surface area contributed by atoms with E-state index in [2.05, 4.69) is 10.3 Å². The van der Waals surface area contributed by atoms with Gasteiger partial charge in [0.15, 0.2) is 0 Å². The highest BCUT2D eigenvalue weighted by Crippen LogP contribution is 2.38. The van der Waals surface area contributed by atoms with Crippen LogP contribution in [0.5, 0.6) is 0 Å². The maximum atomic E-state index is 12.1. The van der Waals surface area contributed by atoms with E-state index in [0.717, 1.165) is 0 Å². The summed E-state index contributed by atoms with van der Waals surface area (Å²) in [6.07, 6.45) is 4.40. The molecule has 4 rings (SSSR count). The Kier molecular flexibility index (Phi) is 2.97. The van der Waals surface area contributed by atoms with Gasteiger partial charge in [-0.25, -0.2) is 9.48 Å². The fourth-order valence-corrected chi connectivity index (χ4v) is 2.82. The first-order valence-electron chi connectivity index (χ1n) is 7.20. The van der Waals surface area contributed by atoms with Crippen LogP contribution >= 0.6 is 0 Å². The van der Waals surface area contributed by atoms with Crippen LogP contribution < -0.4 is 0 Å². The maximum Gasteiger partial charge on any atom is 0.336 e. The summed E-state index contributed by atoms with van der Waals surface area (Å²) in [5.41, 5.74) is 0.499. The van der Waals surface area contributed by atoms with E-state index in [1.54, 1.807) is 29.2 Å². The van der Waals surface area contributed by atoms with Crippen molar-refractivity contribution in [3.05, 3.63) is 47.8 Å². The molecule has 0 atom stereocenters. The second kappa shape index (κ2) is 5.01. The molecule has 2 aromatic rings. The standard InChI is InChI=1S/C15H12N4O4/c20-13-11-3-1-2-4-12(11)14(21)19(13)23-15(22)9-7-10(8-9)18-6-5-16-17-18/h1-6,9-10H,7-8H2. The fourth-order valence-electron chi connectivity index (χ4n) is 2.82. The van der Waals surface area contributed by atoms with E-state index in [1.807, 2.05) is 0 Å². The SMILES string of the molecule is O=C(ON1C(=O)c2ccccc2C1=O)C1CC(n2ccnn2)C1.